The molecule has 1 aliphatic heterocycles. The van der Waals surface area contributed by atoms with Gasteiger partial charge in [-0.15, -0.1) is 0 Å². The van der Waals surface area contributed by atoms with Crippen molar-refractivity contribution in [1.29, 1.82) is 0 Å². The summed E-state index contributed by atoms with van der Waals surface area (Å²) in [6.45, 7) is 2.88. The third-order valence-electron chi connectivity index (χ3n) is 1.99. The Labute approximate surface area is 63.1 Å². The van der Waals surface area contributed by atoms with Crippen LogP contribution in [-0.2, 0) is 0 Å². The van der Waals surface area contributed by atoms with Crippen LogP contribution in [0, 0.1) is 0 Å². The van der Waals surface area contributed by atoms with E-state index in [0.717, 1.165) is 0 Å². The van der Waals surface area contributed by atoms with E-state index in [4.69, 9.17) is 0 Å². The molecule has 1 fully saturated rings. The first-order valence-electron chi connectivity index (χ1n) is 4.16. The largest absolute Gasteiger partial charge is 0.329 e. The Balaban J connectivity index is 2.08. The first-order chi connectivity index (χ1) is 4.43. The lowest BCUT2D eigenvalue weighted by Crippen LogP contribution is -2.32. The van der Waals surface area contributed by atoms with Crippen molar-refractivity contribution in [3.05, 3.63) is 0 Å². The lowest BCUT2D eigenvalue weighted by molar-refractivity contribution is 0.361. The second kappa shape index (κ2) is 4.25. The van der Waals surface area contributed by atoms with E-state index >= 15 is 0 Å². The summed E-state index contributed by atoms with van der Waals surface area (Å²) >= 11 is 0. The van der Waals surface area contributed by atoms with Crippen LogP contribution in [-0.4, -0.2) is 37.6 Å². The van der Waals surface area contributed by atoms with Crippen molar-refractivity contribution in [2.45, 2.75) is 24.9 Å². The van der Waals surface area contributed by atoms with Gasteiger partial charge in [0, 0.05) is 10.2 Å². The molecule has 0 bridgehead atoms. The summed E-state index contributed by atoms with van der Waals surface area (Å²) in [7, 11) is 1.71. The molecule has 54 valence electrons. The maximum absolute atomic E-state index is 2.75. The fourth-order valence-electron chi connectivity index (χ4n) is 1.50. The van der Waals surface area contributed by atoms with E-state index in [2.05, 4.69) is 4.57 Å². The van der Waals surface area contributed by atoms with E-state index in [1.54, 1.807) is 5.67 Å². The van der Waals surface area contributed by atoms with Crippen molar-refractivity contribution in [3.8, 4) is 0 Å². The van der Waals surface area contributed by atoms with Crippen molar-refractivity contribution in [2.24, 2.45) is 0 Å². The fraction of sp³-hybridized carbons (Fsp3) is 1.00. The van der Waals surface area contributed by atoms with Gasteiger partial charge in [0.15, 0.2) is 0 Å². The molecule has 9 heavy (non-hydrogen) atoms. The summed E-state index contributed by atoms with van der Waals surface area (Å²) < 4.78 is 2.75. The fourth-order valence-corrected chi connectivity index (χ4v) is 4.92. The first-order valence-corrected chi connectivity index (χ1v) is 7.20. The molecule has 0 radical (unpaired) electrons. The Bertz CT molecular complexity index is 68.7. The topological polar surface area (TPSA) is 3.24 Å². The van der Waals surface area contributed by atoms with Gasteiger partial charge in [0.1, 0.15) is 0 Å². The first kappa shape index (κ1) is 7.50. The summed E-state index contributed by atoms with van der Waals surface area (Å²) in [5.74, 6) is 0. The standard InChI is InChI=1S/C6H17NSi2/c8-6-9-7-4-2-1-3-5-7/h1-6,9H2,8H3. The molecule has 1 saturated heterocycles. The predicted octanol–water partition coefficient (Wildman–Crippen LogP) is -0.703. The molecule has 1 nitrogen and oxygen atoms in total. The van der Waals surface area contributed by atoms with E-state index in [1.807, 2.05) is 0 Å². The van der Waals surface area contributed by atoms with E-state index < -0.39 is 0 Å². The monoisotopic (exact) mass is 159 g/mol. The molecule has 0 amide bonds. The quantitative estimate of drug-likeness (QED) is 0.482. The average molecular weight is 159 g/mol. The Morgan fingerprint density at radius 2 is 1.89 bits per heavy atom. The van der Waals surface area contributed by atoms with Crippen LogP contribution in [0.2, 0.25) is 5.67 Å². The van der Waals surface area contributed by atoms with Crippen molar-refractivity contribution in [3.63, 3.8) is 0 Å². The number of hydrogen-bond donors (Lipinski definition) is 0. The van der Waals surface area contributed by atoms with Crippen LogP contribution in [0.3, 0.4) is 0 Å². The van der Waals surface area contributed by atoms with E-state index in [0.29, 0.717) is 0 Å². The van der Waals surface area contributed by atoms with Crippen LogP contribution in [0.4, 0.5) is 0 Å². The molecule has 0 aliphatic carbocycles. The molecule has 3 heteroatoms. The molecule has 0 saturated carbocycles. The van der Waals surface area contributed by atoms with Gasteiger partial charge in [-0.2, -0.15) is 0 Å². The average Bonchev–Trinajstić information content (AvgIpc) is 1.91. The van der Waals surface area contributed by atoms with E-state index in [-0.39, 0.29) is 9.68 Å². The molecule has 0 atom stereocenters. The van der Waals surface area contributed by atoms with Crippen LogP contribution in [0.1, 0.15) is 19.3 Å². The summed E-state index contributed by atoms with van der Waals surface area (Å²) in [4.78, 5) is 0. The van der Waals surface area contributed by atoms with Gasteiger partial charge in [0.05, 0.1) is 9.68 Å². The van der Waals surface area contributed by atoms with Gasteiger partial charge in [-0.05, 0) is 25.9 Å². The van der Waals surface area contributed by atoms with Gasteiger partial charge in [0.25, 0.3) is 0 Å². The molecule has 1 aliphatic rings. The number of rotatable bonds is 2. The van der Waals surface area contributed by atoms with Gasteiger partial charge < -0.3 is 4.57 Å². The minimum atomic E-state index is 0.271. The zero-order chi connectivity index (χ0) is 6.53. The number of piperidine rings is 1. The Hall–Kier alpha value is 0.394. The van der Waals surface area contributed by atoms with Gasteiger partial charge in [-0.25, -0.2) is 0 Å². The normalized spacial score (nSPS) is 24.0. The van der Waals surface area contributed by atoms with E-state index in [1.165, 1.54) is 42.6 Å². The van der Waals surface area contributed by atoms with Crippen LogP contribution in [0.5, 0.6) is 0 Å². The summed E-state index contributed by atoms with van der Waals surface area (Å²) in [6, 6.07) is 0. The van der Waals surface area contributed by atoms with Crippen LogP contribution in [0.25, 0.3) is 0 Å². The van der Waals surface area contributed by atoms with Crippen LogP contribution < -0.4 is 0 Å². The van der Waals surface area contributed by atoms with Crippen molar-refractivity contribution < 1.29 is 0 Å². The van der Waals surface area contributed by atoms with Gasteiger partial charge >= 0.3 is 0 Å². The highest BCUT2D eigenvalue weighted by molar-refractivity contribution is 6.44. The highest BCUT2D eigenvalue weighted by Crippen LogP contribution is 2.06. The van der Waals surface area contributed by atoms with Gasteiger partial charge in [-0.3, -0.25) is 0 Å². The molecule has 1 rings (SSSR count). The molecule has 1 heterocycles. The Morgan fingerprint density at radius 3 is 2.44 bits per heavy atom. The van der Waals surface area contributed by atoms with Gasteiger partial charge in [-0.1, -0.05) is 12.1 Å². The third-order valence-corrected chi connectivity index (χ3v) is 5.04. The zero-order valence-electron chi connectivity index (χ0n) is 6.40. The molecule has 0 N–H and O–H groups in total. The minimum absolute atomic E-state index is 0.271. The maximum Gasteiger partial charge on any atom is 0.0916 e. The molecule has 0 spiro atoms. The summed E-state index contributed by atoms with van der Waals surface area (Å²) in [6.07, 6.45) is 4.45. The maximum atomic E-state index is 2.75. The number of nitrogens with zero attached hydrogens (tertiary/aromatic N) is 1. The van der Waals surface area contributed by atoms with Crippen molar-refractivity contribution in [1.82, 2.24) is 4.57 Å². The lowest BCUT2D eigenvalue weighted by atomic mass is 10.2. The van der Waals surface area contributed by atoms with Crippen molar-refractivity contribution >= 4 is 19.9 Å². The van der Waals surface area contributed by atoms with Crippen LogP contribution in [0.15, 0.2) is 0 Å². The molecule has 0 unspecified atom stereocenters. The number of hydrogen-bond acceptors (Lipinski definition) is 1. The highest BCUT2D eigenvalue weighted by Gasteiger charge is 2.07. The summed E-state index contributed by atoms with van der Waals surface area (Å²) in [5, 5.41) is 0. The van der Waals surface area contributed by atoms with Crippen molar-refractivity contribution in [2.75, 3.05) is 13.1 Å². The molecular weight excluding hydrogens is 142 g/mol. The Kier molecular flexibility index (Phi) is 3.54. The molecular formula is C6H17NSi2. The molecule has 0 aromatic heterocycles. The van der Waals surface area contributed by atoms with E-state index in [9.17, 15) is 0 Å². The SMILES string of the molecule is [SiH3]C[SiH2]N1CCCCC1. The van der Waals surface area contributed by atoms with Gasteiger partial charge in [0.2, 0.25) is 0 Å². The smallest absolute Gasteiger partial charge is 0.0916 e. The minimum Gasteiger partial charge on any atom is -0.329 e. The predicted molar refractivity (Wildman–Crippen MR) is 48.7 cm³/mol. The Morgan fingerprint density at radius 1 is 1.22 bits per heavy atom. The third kappa shape index (κ3) is 2.64. The molecule has 0 aromatic rings. The summed E-state index contributed by atoms with van der Waals surface area (Å²) in [5.41, 5.74) is 1.60. The second-order valence-electron chi connectivity index (χ2n) is 2.90. The zero-order valence-corrected chi connectivity index (χ0v) is 9.81. The second-order valence-corrected chi connectivity index (χ2v) is 8.24. The van der Waals surface area contributed by atoms with Crippen LogP contribution >= 0.6 is 0 Å². The highest BCUT2D eigenvalue weighted by atomic mass is 28.3. The molecule has 0 aromatic carbocycles. The lowest BCUT2D eigenvalue weighted by Gasteiger charge is -2.25.